The van der Waals surface area contributed by atoms with Crippen LogP contribution >= 0.6 is 0 Å². The van der Waals surface area contributed by atoms with Crippen LogP contribution in [0, 0.1) is 0 Å². The van der Waals surface area contributed by atoms with Crippen molar-refractivity contribution in [3.05, 3.63) is 35.7 Å². The molecule has 0 atom stereocenters. The average Bonchev–Trinajstić information content (AvgIpc) is 2.41. The topological polar surface area (TPSA) is 79.5 Å². The lowest BCUT2D eigenvalue weighted by molar-refractivity contribution is 0.141. The van der Waals surface area contributed by atoms with Crippen LogP contribution in [0.25, 0.3) is 5.57 Å². The predicted molar refractivity (Wildman–Crippen MR) is 69.0 cm³/mol. The highest BCUT2D eigenvalue weighted by molar-refractivity contribution is 5.70. The van der Waals surface area contributed by atoms with Crippen LogP contribution in [0.5, 0.6) is 0 Å². The van der Waals surface area contributed by atoms with Gasteiger partial charge in [-0.25, -0.2) is 4.79 Å². The molecule has 1 aliphatic rings. The van der Waals surface area contributed by atoms with Crippen molar-refractivity contribution in [2.75, 3.05) is 19.6 Å². The number of pyridine rings is 1. The first-order chi connectivity index (χ1) is 8.72. The highest BCUT2D eigenvalue weighted by Gasteiger charge is 2.20. The molecule has 2 heterocycles. The fraction of sp³-hybridized carbons (Fsp3) is 0.385. The first kappa shape index (κ1) is 12.6. The zero-order chi connectivity index (χ0) is 13.0. The number of piperidine rings is 1. The van der Waals surface area contributed by atoms with E-state index < -0.39 is 6.09 Å². The molecule has 1 aromatic heterocycles. The second-order valence-electron chi connectivity index (χ2n) is 4.30. The Labute approximate surface area is 106 Å². The number of nitrogens with zero attached hydrogens (tertiary/aromatic N) is 2. The Kier molecular flexibility index (Phi) is 3.94. The van der Waals surface area contributed by atoms with E-state index in [9.17, 15) is 4.79 Å². The van der Waals surface area contributed by atoms with E-state index in [-0.39, 0.29) is 0 Å². The van der Waals surface area contributed by atoms with Gasteiger partial charge in [0.1, 0.15) is 0 Å². The number of rotatable bonds is 2. The van der Waals surface area contributed by atoms with Crippen molar-refractivity contribution in [2.24, 2.45) is 5.73 Å². The summed E-state index contributed by atoms with van der Waals surface area (Å²) in [7, 11) is 0. The van der Waals surface area contributed by atoms with E-state index in [1.54, 1.807) is 12.4 Å². The Balaban J connectivity index is 2.18. The molecule has 1 amide bonds. The molecule has 1 saturated heterocycles. The summed E-state index contributed by atoms with van der Waals surface area (Å²) in [6.07, 6.45) is 4.21. The normalized spacial score (nSPS) is 15.6. The van der Waals surface area contributed by atoms with Crippen LogP contribution in [0.2, 0.25) is 0 Å². The SMILES string of the molecule is NCC(=C1CCN(C(=O)O)CC1)c1cccnc1. The molecule has 0 aliphatic carbocycles. The number of carbonyl (C=O) groups is 1. The van der Waals surface area contributed by atoms with Crippen LogP contribution in [0.1, 0.15) is 18.4 Å². The third-order valence-electron chi connectivity index (χ3n) is 3.28. The minimum absolute atomic E-state index is 0.466. The Bertz CT molecular complexity index is 447. The monoisotopic (exact) mass is 247 g/mol. The smallest absolute Gasteiger partial charge is 0.407 e. The molecule has 1 aliphatic heterocycles. The van der Waals surface area contributed by atoms with Gasteiger partial charge in [0.2, 0.25) is 0 Å². The van der Waals surface area contributed by atoms with Crippen molar-refractivity contribution in [3.63, 3.8) is 0 Å². The third kappa shape index (κ3) is 2.68. The molecule has 5 heteroatoms. The quantitative estimate of drug-likeness (QED) is 0.831. The lowest BCUT2D eigenvalue weighted by Gasteiger charge is -2.27. The molecule has 0 aromatic carbocycles. The van der Waals surface area contributed by atoms with E-state index in [1.807, 2.05) is 12.1 Å². The number of hydrogen-bond donors (Lipinski definition) is 2. The van der Waals surface area contributed by atoms with E-state index >= 15 is 0 Å². The summed E-state index contributed by atoms with van der Waals surface area (Å²) in [5.74, 6) is 0. The number of amides is 1. The highest BCUT2D eigenvalue weighted by atomic mass is 16.4. The molecule has 0 bridgehead atoms. The number of aromatic nitrogens is 1. The largest absolute Gasteiger partial charge is 0.465 e. The summed E-state index contributed by atoms with van der Waals surface area (Å²) in [6, 6.07) is 3.88. The first-order valence-electron chi connectivity index (χ1n) is 6.01. The van der Waals surface area contributed by atoms with Crippen LogP contribution in [0.3, 0.4) is 0 Å². The molecular weight excluding hydrogens is 230 g/mol. The zero-order valence-electron chi connectivity index (χ0n) is 10.2. The van der Waals surface area contributed by atoms with Gasteiger partial charge in [-0.2, -0.15) is 0 Å². The minimum Gasteiger partial charge on any atom is -0.465 e. The maximum atomic E-state index is 10.8. The average molecular weight is 247 g/mol. The maximum absolute atomic E-state index is 10.8. The summed E-state index contributed by atoms with van der Waals surface area (Å²) in [5.41, 5.74) is 9.21. The zero-order valence-corrected chi connectivity index (χ0v) is 10.2. The molecular formula is C13H17N3O2. The Hall–Kier alpha value is -1.88. The van der Waals surface area contributed by atoms with Crippen LogP contribution in [0.4, 0.5) is 4.79 Å². The molecule has 0 unspecified atom stereocenters. The van der Waals surface area contributed by atoms with Crippen molar-refractivity contribution in [3.8, 4) is 0 Å². The van der Waals surface area contributed by atoms with Gasteiger partial charge in [0.05, 0.1) is 0 Å². The fourth-order valence-electron chi connectivity index (χ4n) is 2.28. The molecule has 0 radical (unpaired) electrons. The Morgan fingerprint density at radius 1 is 1.44 bits per heavy atom. The van der Waals surface area contributed by atoms with Gasteiger partial charge >= 0.3 is 6.09 Å². The number of hydrogen-bond acceptors (Lipinski definition) is 3. The van der Waals surface area contributed by atoms with Gasteiger partial charge in [-0.05, 0) is 30.0 Å². The molecule has 3 N–H and O–H groups in total. The number of carboxylic acid groups (broad SMARTS) is 1. The second-order valence-corrected chi connectivity index (χ2v) is 4.30. The van der Waals surface area contributed by atoms with E-state index in [4.69, 9.17) is 10.8 Å². The van der Waals surface area contributed by atoms with E-state index in [2.05, 4.69) is 4.98 Å². The van der Waals surface area contributed by atoms with Crippen molar-refractivity contribution in [1.82, 2.24) is 9.88 Å². The van der Waals surface area contributed by atoms with Gasteiger partial charge in [-0.3, -0.25) is 4.98 Å². The van der Waals surface area contributed by atoms with Crippen molar-refractivity contribution in [1.29, 1.82) is 0 Å². The predicted octanol–water partition coefficient (Wildman–Crippen LogP) is 1.57. The summed E-state index contributed by atoms with van der Waals surface area (Å²) in [6.45, 7) is 1.57. The molecule has 5 nitrogen and oxygen atoms in total. The third-order valence-corrected chi connectivity index (χ3v) is 3.28. The van der Waals surface area contributed by atoms with Crippen molar-refractivity contribution in [2.45, 2.75) is 12.8 Å². The fourth-order valence-corrected chi connectivity index (χ4v) is 2.28. The standard InChI is InChI=1S/C13H17N3O2/c14-8-12(11-2-1-5-15-9-11)10-3-6-16(7-4-10)13(17)18/h1-2,5,9H,3-4,6-8,14H2,(H,17,18). The molecule has 96 valence electrons. The summed E-state index contributed by atoms with van der Waals surface area (Å²) in [4.78, 5) is 16.4. The van der Waals surface area contributed by atoms with Gasteiger partial charge < -0.3 is 15.7 Å². The summed E-state index contributed by atoms with van der Waals surface area (Å²) < 4.78 is 0. The molecule has 2 rings (SSSR count). The highest BCUT2D eigenvalue weighted by Crippen LogP contribution is 2.25. The van der Waals surface area contributed by atoms with Crippen molar-refractivity contribution >= 4 is 11.7 Å². The van der Waals surface area contributed by atoms with Gasteiger partial charge in [0, 0.05) is 32.0 Å². The molecule has 1 aromatic rings. The number of nitrogens with two attached hydrogens (primary N) is 1. The first-order valence-corrected chi connectivity index (χ1v) is 6.01. The maximum Gasteiger partial charge on any atom is 0.407 e. The van der Waals surface area contributed by atoms with E-state index in [0.29, 0.717) is 19.6 Å². The molecule has 1 fully saturated rings. The second kappa shape index (κ2) is 5.64. The van der Waals surface area contributed by atoms with Crippen molar-refractivity contribution < 1.29 is 9.90 Å². The molecule has 0 spiro atoms. The van der Waals surface area contributed by atoms with Gasteiger partial charge in [0.15, 0.2) is 0 Å². The van der Waals surface area contributed by atoms with Crippen LogP contribution in [0.15, 0.2) is 30.1 Å². The molecule has 18 heavy (non-hydrogen) atoms. The van der Waals surface area contributed by atoms with E-state index in [1.165, 1.54) is 10.5 Å². The number of likely N-dealkylation sites (tertiary alicyclic amines) is 1. The van der Waals surface area contributed by atoms with Gasteiger partial charge in [-0.15, -0.1) is 0 Å². The Morgan fingerprint density at radius 3 is 2.67 bits per heavy atom. The Morgan fingerprint density at radius 2 is 2.17 bits per heavy atom. The van der Waals surface area contributed by atoms with Crippen LogP contribution in [-0.2, 0) is 0 Å². The summed E-state index contributed by atoms with van der Waals surface area (Å²) >= 11 is 0. The van der Waals surface area contributed by atoms with Crippen LogP contribution < -0.4 is 5.73 Å². The lowest BCUT2D eigenvalue weighted by Crippen LogP contribution is -2.35. The molecule has 0 saturated carbocycles. The van der Waals surface area contributed by atoms with Gasteiger partial charge in [-0.1, -0.05) is 11.6 Å². The van der Waals surface area contributed by atoms with Gasteiger partial charge in [0.25, 0.3) is 0 Å². The van der Waals surface area contributed by atoms with Crippen LogP contribution in [-0.4, -0.2) is 40.7 Å². The van der Waals surface area contributed by atoms with E-state index in [0.717, 1.165) is 24.0 Å². The summed E-state index contributed by atoms with van der Waals surface area (Å²) in [5, 5.41) is 8.91. The minimum atomic E-state index is -0.843. The lowest BCUT2D eigenvalue weighted by atomic mass is 9.94.